The van der Waals surface area contributed by atoms with Gasteiger partial charge in [-0.1, -0.05) is 54.6 Å². The maximum absolute atomic E-state index is 12.6. The molecule has 4 rings (SSSR count). The molecule has 0 atom stereocenters. The summed E-state index contributed by atoms with van der Waals surface area (Å²) in [6.45, 7) is 5.00. The molecule has 12 heteroatoms. The Kier molecular flexibility index (Phi) is 10.9. The standard InChI is InChI=1S/C24H29N3O2S2.C2HF3O2/c28-31(29,26-14-17-27-15-4-5-16-27)24-13-12-23(30-24)22-10-8-21(9-11-22)19-25-18-20-6-2-1-3-7-20;3-2(4,5)1(6)7/h1-3,6-13,25-26H,4-5,14-19H2;(H,6,7). The van der Waals surface area contributed by atoms with E-state index in [2.05, 4.69) is 51.3 Å². The topological polar surface area (TPSA) is 98.7 Å². The summed E-state index contributed by atoms with van der Waals surface area (Å²) in [5, 5.41) is 10.6. The number of nitrogens with zero attached hydrogens (tertiary/aromatic N) is 1. The average molecular weight is 570 g/mol. The fraction of sp³-hybridized carbons (Fsp3) is 0.346. The van der Waals surface area contributed by atoms with Crippen molar-refractivity contribution in [3.8, 4) is 10.4 Å². The smallest absolute Gasteiger partial charge is 0.475 e. The van der Waals surface area contributed by atoms with Crippen molar-refractivity contribution in [1.82, 2.24) is 14.9 Å². The molecule has 7 nitrogen and oxygen atoms in total. The first kappa shape index (κ1) is 29.8. The zero-order valence-electron chi connectivity index (χ0n) is 20.6. The number of aliphatic carboxylic acids is 1. The predicted octanol–water partition coefficient (Wildman–Crippen LogP) is 4.71. The van der Waals surface area contributed by atoms with Crippen molar-refractivity contribution in [2.24, 2.45) is 0 Å². The largest absolute Gasteiger partial charge is 0.490 e. The van der Waals surface area contributed by atoms with Gasteiger partial charge in [-0.05, 0) is 54.8 Å². The van der Waals surface area contributed by atoms with Crippen LogP contribution >= 0.6 is 11.3 Å². The molecule has 2 heterocycles. The lowest BCUT2D eigenvalue weighted by Crippen LogP contribution is -2.33. The van der Waals surface area contributed by atoms with Crippen LogP contribution in [0, 0.1) is 0 Å². The number of alkyl halides is 3. The van der Waals surface area contributed by atoms with E-state index in [0.29, 0.717) is 10.8 Å². The lowest BCUT2D eigenvalue weighted by Gasteiger charge is -2.14. The van der Waals surface area contributed by atoms with E-state index in [1.807, 2.05) is 24.3 Å². The summed E-state index contributed by atoms with van der Waals surface area (Å²) in [7, 11) is -3.45. The summed E-state index contributed by atoms with van der Waals surface area (Å²) in [5.41, 5.74) is 3.50. The first-order valence-corrected chi connectivity index (χ1v) is 14.3. The van der Waals surface area contributed by atoms with Crippen LogP contribution in [0.5, 0.6) is 0 Å². The van der Waals surface area contributed by atoms with E-state index >= 15 is 0 Å². The number of nitrogens with one attached hydrogen (secondary N) is 2. The summed E-state index contributed by atoms with van der Waals surface area (Å²) >= 11 is 1.32. The highest BCUT2D eigenvalue weighted by atomic mass is 32.2. The number of thiophene rings is 1. The van der Waals surface area contributed by atoms with Crippen molar-refractivity contribution in [3.63, 3.8) is 0 Å². The van der Waals surface area contributed by atoms with Gasteiger partial charge < -0.3 is 15.3 Å². The van der Waals surface area contributed by atoms with Crippen LogP contribution in [0.4, 0.5) is 13.2 Å². The third-order valence-corrected chi connectivity index (χ3v) is 8.83. The monoisotopic (exact) mass is 569 g/mol. The molecule has 1 fully saturated rings. The zero-order chi connectivity index (χ0) is 27.6. The van der Waals surface area contributed by atoms with Gasteiger partial charge in [0.2, 0.25) is 10.0 Å². The average Bonchev–Trinajstić information content (AvgIpc) is 3.58. The van der Waals surface area contributed by atoms with Crippen LogP contribution in [0.25, 0.3) is 10.4 Å². The number of benzene rings is 2. The van der Waals surface area contributed by atoms with Crippen LogP contribution in [-0.4, -0.2) is 56.7 Å². The Morgan fingerprint density at radius 2 is 1.50 bits per heavy atom. The van der Waals surface area contributed by atoms with Crippen LogP contribution in [0.2, 0.25) is 0 Å². The molecule has 0 spiro atoms. The van der Waals surface area contributed by atoms with Crippen molar-refractivity contribution < 1.29 is 31.5 Å². The minimum Gasteiger partial charge on any atom is -0.475 e. The van der Waals surface area contributed by atoms with Crippen molar-refractivity contribution >= 4 is 27.3 Å². The molecular weight excluding hydrogens is 539 g/mol. The Balaban J connectivity index is 0.000000505. The number of carboxylic acid groups (broad SMARTS) is 1. The SMILES string of the molecule is O=C(O)C(F)(F)F.O=S(=O)(NCCN1CCCC1)c1ccc(-c2ccc(CNCc3ccccc3)cc2)s1. The molecule has 38 heavy (non-hydrogen) atoms. The Labute approximate surface area is 224 Å². The molecule has 0 amide bonds. The van der Waals surface area contributed by atoms with Gasteiger partial charge in [0.05, 0.1) is 0 Å². The lowest BCUT2D eigenvalue weighted by atomic mass is 10.1. The predicted molar refractivity (Wildman–Crippen MR) is 141 cm³/mol. The van der Waals surface area contributed by atoms with Crippen molar-refractivity contribution in [1.29, 1.82) is 0 Å². The maximum atomic E-state index is 12.6. The van der Waals surface area contributed by atoms with Gasteiger partial charge in [0, 0.05) is 31.1 Å². The lowest BCUT2D eigenvalue weighted by molar-refractivity contribution is -0.192. The summed E-state index contributed by atoms with van der Waals surface area (Å²) in [6.07, 6.45) is -2.66. The second-order valence-corrected chi connectivity index (χ2v) is 11.7. The second-order valence-electron chi connectivity index (χ2n) is 8.65. The third kappa shape index (κ3) is 9.52. The van der Waals surface area contributed by atoms with Crippen molar-refractivity contribution in [2.75, 3.05) is 26.2 Å². The van der Waals surface area contributed by atoms with Gasteiger partial charge >= 0.3 is 12.1 Å². The number of likely N-dealkylation sites (tertiary alicyclic amines) is 1. The van der Waals surface area contributed by atoms with Gasteiger partial charge in [-0.15, -0.1) is 11.3 Å². The molecule has 0 unspecified atom stereocenters. The fourth-order valence-electron chi connectivity index (χ4n) is 3.77. The molecule has 0 radical (unpaired) electrons. The van der Waals surface area contributed by atoms with Crippen LogP contribution in [0.3, 0.4) is 0 Å². The highest BCUT2D eigenvalue weighted by Crippen LogP contribution is 2.30. The molecule has 1 aromatic heterocycles. The van der Waals surface area contributed by atoms with E-state index in [0.717, 1.165) is 43.2 Å². The van der Waals surface area contributed by atoms with Gasteiger partial charge in [-0.3, -0.25) is 0 Å². The number of sulfonamides is 1. The van der Waals surface area contributed by atoms with Gasteiger partial charge in [-0.2, -0.15) is 13.2 Å². The van der Waals surface area contributed by atoms with E-state index in [-0.39, 0.29) is 0 Å². The summed E-state index contributed by atoms with van der Waals surface area (Å²) < 4.78 is 60.1. The van der Waals surface area contributed by atoms with E-state index in [1.54, 1.807) is 6.07 Å². The first-order chi connectivity index (χ1) is 18.0. The molecule has 3 aromatic rings. The Bertz CT molecular complexity index is 1260. The molecule has 0 aliphatic carbocycles. The third-order valence-electron chi connectivity index (χ3n) is 5.75. The van der Waals surface area contributed by atoms with Gasteiger partial charge in [0.1, 0.15) is 4.21 Å². The zero-order valence-corrected chi connectivity index (χ0v) is 22.2. The van der Waals surface area contributed by atoms with E-state index in [4.69, 9.17) is 9.90 Å². The van der Waals surface area contributed by atoms with Crippen LogP contribution < -0.4 is 10.0 Å². The van der Waals surface area contributed by atoms with Gasteiger partial charge in [0.15, 0.2) is 0 Å². The summed E-state index contributed by atoms with van der Waals surface area (Å²) in [5.74, 6) is -2.76. The Morgan fingerprint density at radius 1 is 0.921 bits per heavy atom. The number of carboxylic acids is 1. The van der Waals surface area contributed by atoms with E-state index in [9.17, 15) is 21.6 Å². The fourth-order valence-corrected chi connectivity index (χ4v) is 6.15. The number of rotatable bonds is 10. The Morgan fingerprint density at radius 3 is 2.08 bits per heavy atom. The molecule has 1 saturated heterocycles. The summed E-state index contributed by atoms with van der Waals surface area (Å²) in [6, 6.07) is 22.2. The summed E-state index contributed by atoms with van der Waals surface area (Å²) in [4.78, 5) is 12.2. The maximum Gasteiger partial charge on any atom is 0.490 e. The number of hydrogen-bond donors (Lipinski definition) is 3. The highest BCUT2D eigenvalue weighted by Gasteiger charge is 2.38. The quantitative estimate of drug-likeness (QED) is 0.327. The van der Waals surface area contributed by atoms with Crippen molar-refractivity contribution in [3.05, 3.63) is 77.9 Å². The number of hydrogen-bond acceptors (Lipinski definition) is 6. The normalized spacial score (nSPS) is 14.2. The molecule has 1 aliphatic rings. The molecule has 0 bridgehead atoms. The molecule has 3 N–H and O–H groups in total. The highest BCUT2D eigenvalue weighted by molar-refractivity contribution is 7.91. The molecular formula is C26H30F3N3O4S2. The van der Waals surface area contributed by atoms with E-state index in [1.165, 1.54) is 35.3 Å². The minimum atomic E-state index is -5.08. The second kappa shape index (κ2) is 13.9. The molecule has 0 saturated carbocycles. The number of carbonyl (C=O) groups is 1. The Hall–Kier alpha value is -2.77. The van der Waals surface area contributed by atoms with Gasteiger partial charge in [0.25, 0.3) is 0 Å². The van der Waals surface area contributed by atoms with Crippen molar-refractivity contribution in [2.45, 2.75) is 36.3 Å². The van der Waals surface area contributed by atoms with Crippen LogP contribution in [0.1, 0.15) is 24.0 Å². The molecule has 2 aromatic carbocycles. The minimum absolute atomic E-state index is 0.373. The first-order valence-electron chi connectivity index (χ1n) is 12.0. The van der Waals surface area contributed by atoms with Crippen LogP contribution in [0.15, 0.2) is 70.9 Å². The van der Waals surface area contributed by atoms with E-state index < -0.39 is 22.2 Å². The molecule has 206 valence electrons. The number of halogens is 3. The van der Waals surface area contributed by atoms with Gasteiger partial charge in [-0.25, -0.2) is 17.9 Å². The molecule has 1 aliphatic heterocycles. The van der Waals surface area contributed by atoms with Crippen LogP contribution in [-0.2, 0) is 27.9 Å².